The van der Waals surface area contributed by atoms with Crippen LogP contribution in [0.2, 0.25) is 5.02 Å². The number of hydrogen-bond donors (Lipinski definition) is 2. The van der Waals surface area contributed by atoms with E-state index in [-0.39, 0.29) is 18.7 Å². The van der Waals surface area contributed by atoms with Crippen LogP contribution in [0.5, 0.6) is 0 Å². The summed E-state index contributed by atoms with van der Waals surface area (Å²) in [7, 11) is 0. The van der Waals surface area contributed by atoms with E-state index < -0.39 is 0 Å². The monoisotopic (exact) mass is 282 g/mol. The fraction of sp³-hybridized carbons (Fsp3) is 0.500. The average Bonchev–Trinajstić information content (AvgIpc) is 3.20. The van der Waals surface area contributed by atoms with Gasteiger partial charge in [0.05, 0.1) is 12.6 Å². The van der Waals surface area contributed by atoms with Crippen LogP contribution in [-0.2, 0) is 0 Å². The lowest BCUT2D eigenvalue weighted by atomic mass is 10.1. The van der Waals surface area contributed by atoms with Crippen molar-refractivity contribution in [1.29, 1.82) is 0 Å². The Bertz CT molecular complexity index is 432. The van der Waals surface area contributed by atoms with Gasteiger partial charge in [-0.1, -0.05) is 23.7 Å². The molecule has 104 valence electrons. The van der Waals surface area contributed by atoms with Crippen LogP contribution in [0.3, 0.4) is 0 Å². The third-order valence-corrected chi connectivity index (χ3v) is 3.55. The number of amides is 2. The zero-order chi connectivity index (χ0) is 13.8. The average molecular weight is 283 g/mol. The van der Waals surface area contributed by atoms with E-state index in [2.05, 4.69) is 5.32 Å². The molecule has 2 amide bonds. The molecule has 0 spiro atoms. The number of carbonyl (C=O) groups is 1. The molecular formula is C14H19ClN2O2. The first-order valence-electron chi connectivity index (χ1n) is 6.55. The predicted octanol–water partition coefficient (Wildman–Crippen LogP) is 2.57. The third-order valence-electron chi connectivity index (χ3n) is 3.30. The van der Waals surface area contributed by atoms with Gasteiger partial charge in [-0.05, 0) is 37.5 Å². The van der Waals surface area contributed by atoms with Crippen LogP contribution in [0.4, 0.5) is 4.79 Å². The molecule has 0 saturated heterocycles. The molecule has 0 bridgehead atoms. The van der Waals surface area contributed by atoms with Crippen LogP contribution in [0.25, 0.3) is 0 Å². The van der Waals surface area contributed by atoms with Crippen LogP contribution in [0, 0.1) is 0 Å². The quantitative estimate of drug-likeness (QED) is 0.872. The Hall–Kier alpha value is -1.26. The highest BCUT2D eigenvalue weighted by atomic mass is 35.5. The fourth-order valence-corrected chi connectivity index (χ4v) is 2.17. The van der Waals surface area contributed by atoms with E-state index >= 15 is 0 Å². The molecule has 1 aliphatic rings. The first-order valence-corrected chi connectivity index (χ1v) is 6.93. The summed E-state index contributed by atoms with van der Waals surface area (Å²) >= 11 is 5.84. The Balaban J connectivity index is 1.95. The SMILES string of the molecule is CC(NC(=O)N(CCO)C1CC1)c1ccc(Cl)cc1. The maximum absolute atomic E-state index is 12.1. The second-order valence-corrected chi connectivity index (χ2v) is 5.31. The predicted molar refractivity (Wildman–Crippen MR) is 75.2 cm³/mol. The minimum atomic E-state index is -0.112. The van der Waals surface area contributed by atoms with Crippen molar-refractivity contribution in [2.45, 2.75) is 31.8 Å². The van der Waals surface area contributed by atoms with Gasteiger partial charge in [-0.2, -0.15) is 0 Å². The first-order chi connectivity index (χ1) is 9.11. The summed E-state index contributed by atoms with van der Waals surface area (Å²) in [6.45, 7) is 2.33. The zero-order valence-electron chi connectivity index (χ0n) is 11.0. The molecule has 2 rings (SSSR count). The number of halogens is 1. The molecule has 0 aromatic heterocycles. The molecule has 1 fully saturated rings. The molecular weight excluding hydrogens is 264 g/mol. The van der Waals surface area contributed by atoms with Gasteiger partial charge in [-0.25, -0.2) is 4.79 Å². The van der Waals surface area contributed by atoms with E-state index in [4.69, 9.17) is 16.7 Å². The molecule has 1 saturated carbocycles. The summed E-state index contributed by atoms with van der Waals surface area (Å²) in [5.74, 6) is 0. The van der Waals surface area contributed by atoms with E-state index in [0.29, 0.717) is 17.6 Å². The van der Waals surface area contributed by atoms with Crippen molar-refractivity contribution in [2.75, 3.05) is 13.2 Å². The minimum Gasteiger partial charge on any atom is -0.395 e. The number of carbonyl (C=O) groups excluding carboxylic acids is 1. The van der Waals surface area contributed by atoms with E-state index in [1.165, 1.54) is 0 Å². The van der Waals surface area contributed by atoms with Crippen LogP contribution < -0.4 is 5.32 Å². The number of hydrogen-bond acceptors (Lipinski definition) is 2. The Morgan fingerprint density at radius 3 is 2.63 bits per heavy atom. The molecule has 5 heteroatoms. The van der Waals surface area contributed by atoms with Gasteiger partial charge in [0.15, 0.2) is 0 Å². The van der Waals surface area contributed by atoms with Crippen molar-refractivity contribution in [2.24, 2.45) is 0 Å². The summed E-state index contributed by atoms with van der Waals surface area (Å²) in [4.78, 5) is 13.9. The van der Waals surface area contributed by atoms with E-state index in [0.717, 1.165) is 18.4 Å². The normalized spacial score (nSPS) is 15.9. The molecule has 1 aliphatic carbocycles. The highest BCUT2D eigenvalue weighted by Crippen LogP contribution is 2.27. The Morgan fingerprint density at radius 1 is 1.47 bits per heavy atom. The molecule has 0 aliphatic heterocycles. The van der Waals surface area contributed by atoms with Crippen molar-refractivity contribution in [1.82, 2.24) is 10.2 Å². The largest absolute Gasteiger partial charge is 0.395 e. The molecule has 1 aromatic carbocycles. The van der Waals surface area contributed by atoms with Crippen molar-refractivity contribution in [3.05, 3.63) is 34.9 Å². The molecule has 1 unspecified atom stereocenters. The van der Waals surface area contributed by atoms with E-state index in [9.17, 15) is 4.79 Å². The lowest BCUT2D eigenvalue weighted by Gasteiger charge is -2.24. The number of urea groups is 1. The molecule has 4 nitrogen and oxygen atoms in total. The smallest absolute Gasteiger partial charge is 0.318 e. The fourth-order valence-electron chi connectivity index (χ4n) is 2.05. The van der Waals surface area contributed by atoms with Gasteiger partial charge in [0.1, 0.15) is 0 Å². The van der Waals surface area contributed by atoms with Gasteiger partial charge in [0.2, 0.25) is 0 Å². The molecule has 1 atom stereocenters. The summed E-state index contributed by atoms with van der Waals surface area (Å²) in [5, 5.41) is 12.6. The number of nitrogens with one attached hydrogen (secondary N) is 1. The number of aliphatic hydroxyl groups excluding tert-OH is 1. The van der Waals surface area contributed by atoms with Crippen molar-refractivity contribution >= 4 is 17.6 Å². The third kappa shape index (κ3) is 3.85. The lowest BCUT2D eigenvalue weighted by molar-refractivity contribution is 0.171. The van der Waals surface area contributed by atoms with Gasteiger partial charge in [0.25, 0.3) is 0 Å². The minimum absolute atomic E-state index is 0.000748. The second-order valence-electron chi connectivity index (χ2n) is 4.87. The van der Waals surface area contributed by atoms with Crippen molar-refractivity contribution in [3.8, 4) is 0 Å². The molecule has 1 aromatic rings. The summed E-state index contributed by atoms with van der Waals surface area (Å²) < 4.78 is 0. The number of rotatable bonds is 5. The van der Waals surface area contributed by atoms with Gasteiger partial charge in [0, 0.05) is 17.6 Å². The standard InChI is InChI=1S/C14H19ClN2O2/c1-10(11-2-4-12(15)5-3-11)16-14(19)17(8-9-18)13-6-7-13/h2-5,10,13,18H,6-9H2,1H3,(H,16,19). The van der Waals surface area contributed by atoms with Gasteiger partial charge in [-0.3, -0.25) is 0 Å². The molecule has 0 radical (unpaired) electrons. The topological polar surface area (TPSA) is 52.6 Å². The van der Waals surface area contributed by atoms with Crippen LogP contribution in [0.15, 0.2) is 24.3 Å². The molecule has 2 N–H and O–H groups in total. The first kappa shape index (κ1) is 14.2. The van der Waals surface area contributed by atoms with Crippen molar-refractivity contribution in [3.63, 3.8) is 0 Å². The Kier molecular flexibility index (Phi) is 4.66. The summed E-state index contributed by atoms with van der Waals surface area (Å²) in [5.41, 5.74) is 1.01. The number of nitrogens with zero attached hydrogens (tertiary/aromatic N) is 1. The zero-order valence-corrected chi connectivity index (χ0v) is 11.7. The van der Waals surface area contributed by atoms with E-state index in [1.54, 1.807) is 4.90 Å². The van der Waals surface area contributed by atoms with Crippen LogP contribution in [-0.4, -0.2) is 35.2 Å². The highest BCUT2D eigenvalue weighted by molar-refractivity contribution is 6.30. The van der Waals surface area contributed by atoms with Gasteiger partial charge >= 0.3 is 6.03 Å². The molecule has 0 heterocycles. The summed E-state index contributed by atoms with van der Waals surface area (Å²) in [6, 6.07) is 7.53. The van der Waals surface area contributed by atoms with Gasteiger partial charge in [-0.15, -0.1) is 0 Å². The van der Waals surface area contributed by atoms with Crippen LogP contribution >= 0.6 is 11.6 Å². The second kappa shape index (κ2) is 6.26. The Labute approximate surface area is 118 Å². The maximum Gasteiger partial charge on any atom is 0.318 e. The van der Waals surface area contributed by atoms with E-state index in [1.807, 2.05) is 31.2 Å². The lowest BCUT2D eigenvalue weighted by Crippen LogP contribution is -2.43. The summed E-state index contributed by atoms with van der Waals surface area (Å²) in [6.07, 6.45) is 2.06. The van der Waals surface area contributed by atoms with Gasteiger partial charge < -0.3 is 15.3 Å². The number of aliphatic hydroxyl groups is 1. The molecule has 19 heavy (non-hydrogen) atoms. The Morgan fingerprint density at radius 2 is 2.11 bits per heavy atom. The highest BCUT2D eigenvalue weighted by Gasteiger charge is 2.32. The van der Waals surface area contributed by atoms with Crippen LogP contribution in [0.1, 0.15) is 31.4 Å². The maximum atomic E-state index is 12.1. The van der Waals surface area contributed by atoms with Crippen molar-refractivity contribution < 1.29 is 9.90 Å². The number of benzene rings is 1.